The second-order valence-electron chi connectivity index (χ2n) is 8.15. The molecule has 0 aromatic carbocycles. The van der Waals surface area contributed by atoms with Crippen LogP contribution < -0.4 is 10.2 Å². The molecule has 0 saturated carbocycles. The standard InChI is InChI=1S/C22H28Cl2N4O4/c1-11(2)32-22(30)14-8-12(3)25-17(9-14)28-7-6-15(16(10-28)31-5)27-21(29)20-19(24)18(23)13(4)26-20/h8-9,11,15-16,26H,6-7,10H2,1-5H3,(H,27,29). The predicted octanol–water partition coefficient (Wildman–Crippen LogP) is 3.92. The van der Waals surface area contributed by atoms with E-state index < -0.39 is 0 Å². The first-order valence-electron chi connectivity index (χ1n) is 10.4. The van der Waals surface area contributed by atoms with E-state index >= 15 is 0 Å². The number of rotatable bonds is 6. The second-order valence-corrected chi connectivity index (χ2v) is 8.91. The molecule has 1 amide bonds. The SMILES string of the molecule is COC1CN(c2cc(C(=O)OC(C)C)cc(C)n2)CCC1NC(=O)c1[nH]c(C)c(Cl)c1Cl. The summed E-state index contributed by atoms with van der Waals surface area (Å²) in [5, 5.41) is 3.54. The van der Waals surface area contributed by atoms with E-state index in [-0.39, 0.29) is 40.8 Å². The molecule has 8 nitrogen and oxygen atoms in total. The number of halogens is 2. The average molecular weight is 483 g/mol. The van der Waals surface area contributed by atoms with E-state index in [1.54, 1.807) is 26.2 Å². The molecule has 174 valence electrons. The van der Waals surface area contributed by atoms with Crippen LogP contribution in [0.25, 0.3) is 0 Å². The molecule has 2 unspecified atom stereocenters. The maximum absolute atomic E-state index is 12.7. The van der Waals surface area contributed by atoms with Crippen LogP contribution in [0.3, 0.4) is 0 Å². The number of nitrogens with one attached hydrogen (secondary N) is 2. The van der Waals surface area contributed by atoms with Crippen LogP contribution >= 0.6 is 23.2 Å². The predicted molar refractivity (Wildman–Crippen MR) is 124 cm³/mol. The van der Waals surface area contributed by atoms with Gasteiger partial charge in [0.2, 0.25) is 0 Å². The molecule has 2 aromatic rings. The fourth-order valence-corrected chi connectivity index (χ4v) is 4.13. The van der Waals surface area contributed by atoms with Crippen LogP contribution in [0.4, 0.5) is 5.82 Å². The highest BCUT2D eigenvalue weighted by Gasteiger charge is 2.32. The monoisotopic (exact) mass is 482 g/mol. The molecule has 10 heteroatoms. The highest BCUT2D eigenvalue weighted by molar-refractivity contribution is 6.44. The van der Waals surface area contributed by atoms with E-state index in [4.69, 9.17) is 32.7 Å². The number of H-pyrrole nitrogens is 1. The van der Waals surface area contributed by atoms with Gasteiger partial charge < -0.3 is 24.7 Å². The fraction of sp³-hybridized carbons (Fsp3) is 0.500. The lowest BCUT2D eigenvalue weighted by atomic mass is 10.0. The van der Waals surface area contributed by atoms with Crippen LogP contribution in [-0.2, 0) is 9.47 Å². The van der Waals surface area contributed by atoms with Gasteiger partial charge in [-0.25, -0.2) is 9.78 Å². The number of aromatic amines is 1. The van der Waals surface area contributed by atoms with E-state index in [0.29, 0.717) is 41.6 Å². The second kappa shape index (κ2) is 10.1. The number of ether oxygens (including phenoxy) is 2. The third kappa shape index (κ3) is 5.36. The van der Waals surface area contributed by atoms with Gasteiger partial charge in [-0.05, 0) is 46.2 Å². The minimum absolute atomic E-state index is 0.205. The minimum Gasteiger partial charge on any atom is -0.459 e. The van der Waals surface area contributed by atoms with Crippen molar-refractivity contribution in [3.63, 3.8) is 0 Å². The van der Waals surface area contributed by atoms with Crippen molar-refractivity contribution in [3.8, 4) is 0 Å². The first kappa shape index (κ1) is 24.4. The van der Waals surface area contributed by atoms with Crippen LogP contribution in [0, 0.1) is 13.8 Å². The summed E-state index contributed by atoms with van der Waals surface area (Å²) in [5.41, 5.74) is 2.05. The zero-order valence-corrected chi connectivity index (χ0v) is 20.3. The number of methoxy groups -OCH3 is 1. The fourth-order valence-electron chi connectivity index (χ4n) is 3.71. The Morgan fingerprint density at radius 3 is 2.56 bits per heavy atom. The van der Waals surface area contributed by atoms with E-state index in [1.807, 2.05) is 25.7 Å². The highest BCUT2D eigenvalue weighted by atomic mass is 35.5. The molecule has 2 N–H and O–H groups in total. The number of amides is 1. The number of hydrogen-bond acceptors (Lipinski definition) is 6. The van der Waals surface area contributed by atoms with Crippen molar-refractivity contribution in [3.05, 3.63) is 44.8 Å². The van der Waals surface area contributed by atoms with Crippen molar-refractivity contribution in [1.29, 1.82) is 0 Å². The highest BCUT2D eigenvalue weighted by Crippen LogP contribution is 2.29. The normalized spacial score (nSPS) is 18.7. The Hall–Kier alpha value is -2.29. The quantitative estimate of drug-likeness (QED) is 0.605. The van der Waals surface area contributed by atoms with Gasteiger partial charge in [0.1, 0.15) is 11.5 Å². The maximum atomic E-state index is 12.7. The van der Waals surface area contributed by atoms with Gasteiger partial charge in [-0.3, -0.25) is 4.79 Å². The first-order valence-corrected chi connectivity index (χ1v) is 11.2. The van der Waals surface area contributed by atoms with Gasteiger partial charge in [-0.15, -0.1) is 0 Å². The zero-order valence-electron chi connectivity index (χ0n) is 18.8. The summed E-state index contributed by atoms with van der Waals surface area (Å²) in [6.07, 6.45) is 0.131. The van der Waals surface area contributed by atoms with Gasteiger partial charge in [0.15, 0.2) is 0 Å². The van der Waals surface area contributed by atoms with Crippen LogP contribution in [-0.4, -0.2) is 60.3 Å². The molecule has 32 heavy (non-hydrogen) atoms. The van der Waals surface area contributed by atoms with Gasteiger partial charge in [0, 0.05) is 31.6 Å². The van der Waals surface area contributed by atoms with Crippen LogP contribution in [0.15, 0.2) is 12.1 Å². The number of esters is 1. The third-order valence-corrected chi connectivity index (χ3v) is 6.25. The Morgan fingerprint density at radius 2 is 1.97 bits per heavy atom. The van der Waals surface area contributed by atoms with Gasteiger partial charge in [0.05, 0.1) is 33.9 Å². The minimum atomic E-state index is -0.381. The molecular weight excluding hydrogens is 455 g/mol. The summed E-state index contributed by atoms with van der Waals surface area (Å²) in [6, 6.07) is 3.21. The van der Waals surface area contributed by atoms with Gasteiger partial charge >= 0.3 is 5.97 Å². The number of carbonyl (C=O) groups is 2. The van der Waals surface area contributed by atoms with Gasteiger partial charge in [0.25, 0.3) is 5.91 Å². The topological polar surface area (TPSA) is 96.5 Å². The smallest absolute Gasteiger partial charge is 0.338 e. The Morgan fingerprint density at radius 1 is 1.25 bits per heavy atom. The molecular formula is C22H28Cl2N4O4. The molecule has 0 bridgehead atoms. The van der Waals surface area contributed by atoms with Crippen molar-refractivity contribution >= 4 is 40.9 Å². The van der Waals surface area contributed by atoms with Crippen molar-refractivity contribution in [2.75, 3.05) is 25.1 Å². The summed E-state index contributed by atoms with van der Waals surface area (Å²) in [6.45, 7) is 8.33. The first-order chi connectivity index (χ1) is 15.1. The lowest BCUT2D eigenvalue weighted by Gasteiger charge is -2.38. The molecule has 1 fully saturated rings. The number of anilines is 1. The van der Waals surface area contributed by atoms with E-state index in [1.165, 1.54) is 0 Å². The number of aryl methyl sites for hydroxylation is 2. The number of carbonyl (C=O) groups excluding carboxylic acids is 2. The number of nitrogens with zero attached hydrogens (tertiary/aromatic N) is 2. The summed E-state index contributed by atoms with van der Waals surface area (Å²) < 4.78 is 11.0. The molecule has 3 heterocycles. The van der Waals surface area contributed by atoms with Crippen molar-refractivity contribution < 1.29 is 19.1 Å². The molecule has 0 aliphatic carbocycles. The third-order valence-electron chi connectivity index (χ3n) is 5.30. The van der Waals surface area contributed by atoms with Crippen LogP contribution in [0.2, 0.25) is 10.0 Å². The molecule has 2 aromatic heterocycles. The zero-order chi connectivity index (χ0) is 23.6. The van der Waals surface area contributed by atoms with Gasteiger partial charge in [-0.2, -0.15) is 0 Å². The maximum Gasteiger partial charge on any atom is 0.338 e. The molecule has 0 radical (unpaired) electrons. The Balaban J connectivity index is 1.73. The largest absolute Gasteiger partial charge is 0.459 e. The molecule has 2 atom stereocenters. The number of piperidine rings is 1. The molecule has 3 rings (SSSR count). The number of pyridine rings is 1. The number of aromatic nitrogens is 2. The van der Waals surface area contributed by atoms with Gasteiger partial charge in [-0.1, -0.05) is 23.2 Å². The molecule has 1 saturated heterocycles. The van der Waals surface area contributed by atoms with E-state index in [2.05, 4.69) is 15.3 Å². The van der Waals surface area contributed by atoms with Crippen LogP contribution in [0.1, 0.15) is 52.5 Å². The van der Waals surface area contributed by atoms with Crippen molar-refractivity contribution in [1.82, 2.24) is 15.3 Å². The van der Waals surface area contributed by atoms with E-state index in [0.717, 1.165) is 5.69 Å². The molecule has 0 spiro atoms. The lowest BCUT2D eigenvalue weighted by molar-refractivity contribution is 0.0377. The Labute approximate surface area is 197 Å². The average Bonchev–Trinajstić information content (AvgIpc) is 3.00. The Kier molecular flexibility index (Phi) is 7.69. The summed E-state index contributed by atoms with van der Waals surface area (Å²) in [7, 11) is 1.60. The number of hydrogen-bond donors (Lipinski definition) is 2. The Bertz CT molecular complexity index is 1010. The van der Waals surface area contributed by atoms with Crippen molar-refractivity contribution in [2.24, 2.45) is 0 Å². The molecule has 1 aliphatic heterocycles. The summed E-state index contributed by atoms with van der Waals surface area (Å²) in [4.78, 5) is 34.7. The van der Waals surface area contributed by atoms with Crippen LogP contribution in [0.5, 0.6) is 0 Å². The summed E-state index contributed by atoms with van der Waals surface area (Å²) >= 11 is 12.3. The lowest BCUT2D eigenvalue weighted by Crippen LogP contribution is -2.55. The van der Waals surface area contributed by atoms with E-state index in [9.17, 15) is 9.59 Å². The summed E-state index contributed by atoms with van der Waals surface area (Å²) in [5.74, 6) is -0.0470. The molecule has 1 aliphatic rings. The van der Waals surface area contributed by atoms with Crippen molar-refractivity contribution in [2.45, 2.75) is 52.4 Å².